The molecule has 1 fully saturated rings. The second-order valence-corrected chi connectivity index (χ2v) is 5.91. The molecule has 1 saturated heterocycles. The Labute approximate surface area is 123 Å². The molecule has 2 atom stereocenters. The number of rotatable bonds is 3. The van der Waals surface area contributed by atoms with E-state index in [1.165, 1.54) is 0 Å². The molecule has 2 amide bonds. The van der Waals surface area contributed by atoms with E-state index in [0.29, 0.717) is 19.4 Å². The lowest BCUT2D eigenvalue weighted by atomic mass is 10.0. The molecule has 0 aromatic heterocycles. The first-order chi connectivity index (χ1) is 10.0. The van der Waals surface area contributed by atoms with Gasteiger partial charge in [-0.25, -0.2) is 9.28 Å². The zero-order chi connectivity index (χ0) is 15.0. The van der Waals surface area contributed by atoms with E-state index in [-0.39, 0.29) is 16.3 Å². The van der Waals surface area contributed by atoms with Gasteiger partial charge in [-0.2, -0.15) is 0 Å². The summed E-state index contributed by atoms with van der Waals surface area (Å²) in [5.74, 6) is -0.296. The average molecular weight is 283 g/mol. The van der Waals surface area contributed by atoms with Gasteiger partial charge in [0.05, 0.1) is 13.5 Å². The molecule has 0 radical (unpaired) electrons. The first kappa shape index (κ1) is 13.8. The zero-order valence-electron chi connectivity index (χ0n) is 12.1. The molecular weight excluding hydrogens is 264 g/mol. The number of carbonyl (C=O) groups is 2. The number of likely N-dealkylation sites (N-methyl/N-ethyl adjacent to an activating group) is 1. The van der Waals surface area contributed by atoms with Crippen molar-refractivity contribution >= 4 is 22.6 Å². The third kappa shape index (κ3) is 2.21. The first-order valence-electron chi connectivity index (χ1n) is 7.17. The maximum Gasteiger partial charge on any atom is 0.314 e. The van der Waals surface area contributed by atoms with Gasteiger partial charge in [0.15, 0.2) is 6.04 Å². The highest BCUT2D eigenvalue weighted by Crippen LogP contribution is 2.31. The summed E-state index contributed by atoms with van der Waals surface area (Å²) in [6.07, 6.45) is 0.976. The highest BCUT2D eigenvalue weighted by molar-refractivity contribution is 5.87. The molecule has 1 heterocycles. The molecule has 108 valence electrons. The van der Waals surface area contributed by atoms with Crippen molar-refractivity contribution in [1.29, 1.82) is 0 Å². The Bertz CT molecular complexity index is 720. The number of hydrogen-bond acceptors (Lipinski definition) is 2. The number of nitrogens with zero attached hydrogens (tertiary/aromatic N) is 1. The van der Waals surface area contributed by atoms with Crippen LogP contribution in [0.25, 0.3) is 10.8 Å². The fourth-order valence-electron chi connectivity index (χ4n) is 3.38. The maximum atomic E-state index is 12.3. The first-order valence-corrected chi connectivity index (χ1v) is 7.17. The van der Waals surface area contributed by atoms with Gasteiger partial charge in [0.1, 0.15) is 6.54 Å². The smallest absolute Gasteiger partial charge is 0.314 e. The van der Waals surface area contributed by atoms with Crippen LogP contribution in [0.15, 0.2) is 42.5 Å². The fraction of sp³-hybridized carbons (Fsp3) is 0.294. The highest BCUT2D eigenvalue weighted by Gasteiger charge is 2.49. The minimum Gasteiger partial charge on any atom is -0.364 e. The Balaban J connectivity index is 2.04. The summed E-state index contributed by atoms with van der Waals surface area (Å²) in [6, 6.07) is 13.7. The van der Waals surface area contributed by atoms with E-state index >= 15 is 0 Å². The molecule has 1 aliphatic heterocycles. The lowest BCUT2D eigenvalue weighted by Gasteiger charge is -2.32. The van der Waals surface area contributed by atoms with Crippen LogP contribution in [0.5, 0.6) is 0 Å². The molecule has 3 rings (SSSR count). The monoisotopic (exact) mass is 283 g/mol. The molecule has 4 nitrogen and oxygen atoms in total. The van der Waals surface area contributed by atoms with E-state index in [1.807, 2.05) is 31.3 Å². The summed E-state index contributed by atoms with van der Waals surface area (Å²) in [4.78, 5) is 24.0. The largest absolute Gasteiger partial charge is 0.364 e. The third-order valence-electron chi connectivity index (χ3n) is 4.60. The highest BCUT2D eigenvalue weighted by atomic mass is 16.2. The minimum absolute atomic E-state index is 0.0866. The number of nitrogens with two attached hydrogens (primary N) is 1. The number of amides is 2. The second kappa shape index (κ2) is 4.97. The van der Waals surface area contributed by atoms with Crippen LogP contribution in [0.3, 0.4) is 0 Å². The predicted molar refractivity (Wildman–Crippen MR) is 81.1 cm³/mol. The van der Waals surface area contributed by atoms with E-state index in [9.17, 15) is 9.59 Å². The van der Waals surface area contributed by atoms with Gasteiger partial charge < -0.3 is 5.73 Å². The maximum absolute atomic E-state index is 12.3. The van der Waals surface area contributed by atoms with Gasteiger partial charge >= 0.3 is 5.91 Å². The Morgan fingerprint density at radius 1 is 1.24 bits per heavy atom. The van der Waals surface area contributed by atoms with Crippen LogP contribution in [-0.4, -0.2) is 29.4 Å². The number of quaternary nitrogens is 1. The molecule has 2 aromatic rings. The van der Waals surface area contributed by atoms with Gasteiger partial charge in [-0.05, 0) is 10.8 Å². The molecule has 0 spiro atoms. The van der Waals surface area contributed by atoms with Crippen LogP contribution in [0.4, 0.5) is 0 Å². The predicted octanol–water partition coefficient (Wildman–Crippen LogP) is 1.96. The molecule has 0 saturated carbocycles. The number of hydrogen-bond donors (Lipinski definition) is 1. The van der Waals surface area contributed by atoms with E-state index in [1.54, 1.807) is 0 Å². The number of carbonyl (C=O) groups excluding carboxylic acids is 2. The average Bonchev–Trinajstić information content (AvgIpc) is 2.75. The van der Waals surface area contributed by atoms with Crippen LogP contribution in [-0.2, 0) is 16.1 Å². The third-order valence-corrected chi connectivity index (χ3v) is 4.60. The quantitative estimate of drug-likeness (QED) is 0.875. The molecule has 0 bridgehead atoms. The summed E-state index contributed by atoms with van der Waals surface area (Å²) in [7, 11) is 1.83. The molecule has 1 unspecified atom stereocenters. The minimum atomic E-state index is -0.420. The molecule has 2 N–H and O–H groups in total. The van der Waals surface area contributed by atoms with Gasteiger partial charge in [-0.15, -0.1) is 0 Å². The van der Waals surface area contributed by atoms with Crippen LogP contribution in [0.1, 0.15) is 18.4 Å². The number of primary amides is 1. The standard InChI is InChI=1S/C17H18N2O2/c1-19(15(17(18)21)9-10-16(19)20)11-13-7-4-6-12-5-2-3-8-14(12)13/h2-8,15H,9-11H2,1H3,(H-,18,21)/p+1/t15-,19?/m0/s1. The summed E-state index contributed by atoms with van der Waals surface area (Å²) in [6.45, 7) is 0.508. The van der Waals surface area contributed by atoms with Gasteiger partial charge in [-0.3, -0.25) is 4.79 Å². The van der Waals surface area contributed by atoms with Crippen molar-refractivity contribution in [3.05, 3.63) is 48.0 Å². The lowest BCUT2D eigenvalue weighted by Crippen LogP contribution is -2.55. The van der Waals surface area contributed by atoms with Crippen molar-refractivity contribution in [3.8, 4) is 0 Å². The topological polar surface area (TPSA) is 60.2 Å². The molecule has 1 aliphatic rings. The normalized spacial score (nSPS) is 25.4. The summed E-state index contributed by atoms with van der Waals surface area (Å²) in [5, 5.41) is 2.27. The van der Waals surface area contributed by atoms with Crippen molar-refractivity contribution < 1.29 is 14.1 Å². The Morgan fingerprint density at radius 2 is 1.95 bits per heavy atom. The van der Waals surface area contributed by atoms with E-state index in [4.69, 9.17) is 5.73 Å². The fourth-order valence-corrected chi connectivity index (χ4v) is 3.38. The van der Waals surface area contributed by atoms with Gasteiger partial charge in [0.2, 0.25) is 0 Å². The van der Waals surface area contributed by atoms with Gasteiger partial charge in [0.25, 0.3) is 5.91 Å². The van der Waals surface area contributed by atoms with E-state index in [0.717, 1.165) is 16.3 Å². The van der Waals surface area contributed by atoms with Crippen LogP contribution in [0, 0.1) is 0 Å². The molecule has 2 aromatic carbocycles. The molecule has 21 heavy (non-hydrogen) atoms. The molecule has 0 aliphatic carbocycles. The van der Waals surface area contributed by atoms with Crippen molar-refractivity contribution in [2.75, 3.05) is 7.05 Å². The Hall–Kier alpha value is -2.20. The molecular formula is C17H19N2O2+. The molecule has 4 heteroatoms. The van der Waals surface area contributed by atoms with Crippen molar-refractivity contribution in [2.24, 2.45) is 5.73 Å². The number of likely N-dealkylation sites (tertiary alicyclic amines) is 1. The lowest BCUT2D eigenvalue weighted by molar-refractivity contribution is -0.855. The van der Waals surface area contributed by atoms with Crippen molar-refractivity contribution in [1.82, 2.24) is 0 Å². The van der Waals surface area contributed by atoms with Crippen molar-refractivity contribution in [2.45, 2.75) is 25.4 Å². The summed E-state index contributed by atoms with van der Waals surface area (Å²) >= 11 is 0. The number of fused-ring (bicyclic) bond motifs is 1. The zero-order valence-corrected chi connectivity index (χ0v) is 12.1. The summed E-state index contributed by atoms with van der Waals surface area (Å²) < 4.78 is 0.0866. The summed E-state index contributed by atoms with van der Waals surface area (Å²) in [5.41, 5.74) is 6.58. The van der Waals surface area contributed by atoms with Gasteiger partial charge in [0, 0.05) is 12.0 Å². The van der Waals surface area contributed by atoms with Crippen LogP contribution < -0.4 is 5.73 Å². The second-order valence-electron chi connectivity index (χ2n) is 5.91. The Morgan fingerprint density at radius 3 is 2.71 bits per heavy atom. The Kier molecular flexibility index (Phi) is 3.26. The number of benzene rings is 2. The van der Waals surface area contributed by atoms with E-state index in [2.05, 4.69) is 18.2 Å². The van der Waals surface area contributed by atoms with Gasteiger partial charge in [-0.1, -0.05) is 42.5 Å². The van der Waals surface area contributed by atoms with Crippen LogP contribution in [0.2, 0.25) is 0 Å². The SMILES string of the molecule is C[N+]1(Cc2cccc3ccccc23)C(=O)CC[C@H]1C(N)=O. The van der Waals surface area contributed by atoms with Crippen molar-refractivity contribution in [3.63, 3.8) is 0 Å². The van der Waals surface area contributed by atoms with Crippen LogP contribution >= 0.6 is 0 Å². The van der Waals surface area contributed by atoms with E-state index < -0.39 is 6.04 Å².